The smallest absolute Gasteiger partial charge is 0.232 e. The number of nitrogens with one attached hydrogen (secondary N) is 2. The molecule has 1 fully saturated rings. The fraction of sp³-hybridized carbons (Fsp3) is 0.333. The number of aromatic amines is 1. The van der Waals surface area contributed by atoms with E-state index in [4.69, 9.17) is 10.5 Å². The van der Waals surface area contributed by atoms with Crippen molar-refractivity contribution in [3.05, 3.63) is 36.3 Å². The molecule has 0 spiro atoms. The quantitative estimate of drug-likeness (QED) is 0.570. The molecule has 3 aromatic rings. The van der Waals surface area contributed by atoms with Gasteiger partial charge in [0.2, 0.25) is 11.8 Å². The van der Waals surface area contributed by atoms with E-state index in [1.165, 1.54) is 0 Å². The summed E-state index contributed by atoms with van der Waals surface area (Å²) in [5.41, 5.74) is 7.29. The molecule has 4 N–H and O–H groups in total. The van der Waals surface area contributed by atoms with Crippen molar-refractivity contribution < 1.29 is 4.74 Å². The van der Waals surface area contributed by atoms with E-state index in [9.17, 15) is 5.26 Å². The average Bonchev–Trinajstić information content (AvgIpc) is 3.22. The Balaban J connectivity index is 1.60. The fourth-order valence-corrected chi connectivity index (χ4v) is 3.13. The van der Waals surface area contributed by atoms with E-state index >= 15 is 0 Å². The van der Waals surface area contributed by atoms with E-state index in [1.54, 1.807) is 17.1 Å². The predicted octanol–water partition coefficient (Wildman–Crippen LogP) is 1.98. The molecule has 1 saturated carbocycles. The molecule has 9 nitrogen and oxygen atoms in total. The molecule has 0 unspecified atom stereocenters. The van der Waals surface area contributed by atoms with E-state index in [0.717, 1.165) is 18.5 Å². The lowest BCUT2D eigenvalue weighted by Crippen LogP contribution is -2.33. The van der Waals surface area contributed by atoms with Crippen molar-refractivity contribution in [2.24, 2.45) is 18.7 Å². The first-order valence-corrected chi connectivity index (χ1v) is 8.74. The van der Waals surface area contributed by atoms with Gasteiger partial charge >= 0.3 is 0 Å². The normalized spacial score (nSPS) is 19.1. The molecule has 4 rings (SSSR count). The van der Waals surface area contributed by atoms with Crippen molar-refractivity contribution in [1.29, 1.82) is 5.26 Å². The van der Waals surface area contributed by atoms with Crippen LogP contribution in [0.3, 0.4) is 0 Å². The van der Waals surface area contributed by atoms with Gasteiger partial charge in [-0.25, -0.2) is 0 Å². The minimum Gasteiger partial charge on any atom is -0.474 e. The minimum absolute atomic E-state index is 0.0585. The predicted molar refractivity (Wildman–Crippen MR) is 100 cm³/mol. The van der Waals surface area contributed by atoms with Gasteiger partial charge in [-0.1, -0.05) is 12.2 Å². The third kappa shape index (κ3) is 3.47. The number of rotatable bonds is 6. The van der Waals surface area contributed by atoms with Gasteiger partial charge in [0.25, 0.3) is 0 Å². The van der Waals surface area contributed by atoms with Crippen molar-refractivity contribution in [3.63, 3.8) is 0 Å². The lowest BCUT2D eigenvalue weighted by molar-refractivity contribution is 0.0833. The average molecular weight is 364 g/mol. The maximum Gasteiger partial charge on any atom is 0.232 e. The lowest BCUT2D eigenvalue weighted by Gasteiger charge is -2.33. The Hall–Kier alpha value is -3.38. The van der Waals surface area contributed by atoms with Crippen LogP contribution in [0.5, 0.6) is 5.88 Å². The van der Waals surface area contributed by atoms with Crippen LogP contribution in [0, 0.1) is 17.2 Å². The number of hydrogen-bond acceptors (Lipinski definition) is 7. The highest BCUT2D eigenvalue weighted by molar-refractivity contribution is 5.88. The van der Waals surface area contributed by atoms with Gasteiger partial charge in [-0.05, 0) is 18.8 Å². The minimum atomic E-state index is 0.0585. The van der Waals surface area contributed by atoms with E-state index in [0.29, 0.717) is 40.9 Å². The van der Waals surface area contributed by atoms with Crippen molar-refractivity contribution in [2.45, 2.75) is 18.9 Å². The summed E-state index contributed by atoms with van der Waals surface area (Å²) < 4.78 is 7.79. The molecule has 0 amide bonds. The third-order valence-corrected chi connectivity index (χ3v) is 4.53. The second kappa shape index (κ2) is 7.09. The number of nitrogens with zero attached hydrogens (tertiary/aromatic N) is 5. The Morgan fingerprint density at radius 1 is 1.48 bits per heavy atom. The molecule has 138 valence electrons. The highest BCUT2D eigenvalue weighted by atomic mass is 16.5. The van der Waals surface area contributed by atoms with E-state index in [1.807, 2.05) is 19.3 Å². The Morgan fingerprint density at radius 3 is 3.04 bits per heavy atom. The van der Waals surface area contributed by atoms with E-state index in [2.05, 4.69) is 37.5 Å². The molecule has 27 heavy (non-hydrogen) atoms. The number of anilines is 2. The Morgan fingerprint density at radius 2 is 2.33 bits per heavy atom. The number of aromatic nitrogens is 5. The first-order chi connectivity index (χ1) is 13.2. The zero-order chi connectivity index (χ0) is 18.8. The van der Waals surface area contributed by atoms with Crippen LogP contribution in [0.2, 0.25) is 0 Å². The van der Waals surface area contributed by atoms with Crippen LogP contribution in [0.4, 0.5) is 11.6 Å². The first-order valence-electron chi connectivity index (χ1n) is 8.74. The van der Waals surface area contributed by atoms with Gasteiger partial charge in [-0.15, -0.1) is 0 Å². The van der Waals surface area contributed by atoms with Crippen molar-refractivity contribution in [3.8, 4) is 11.9 Å². The summed E-state index contributed by atoms with van der Waals surface area (Å²) in [6.07, 6.45) is 11.1. The van der Waals surface area contributed by atoms with Crippen LogP contribution in [0.25, 0.3) is 11.0 Å². The summed E-state index contributed by atoms with van der Waals surface area (Å²) in [5, 5.41) is 17.2. The number of nitriles is 1. The molecule has 0 bridgehead atoms. The molecule has 0 saturated heterocycles. The standard InChI is InChI=1S/C18H20N8O/c1-26-10-13(9-22-26)23-18-24-16-15(12(7-20)8-21-16)17(25-18)27-14-5-11(6-14)3-2-4-19/h2-3,8-11,14H,4-6,19H2,1H3,(H2,21,23,24,25). The van der Waals surface area contributed by atoms with Crippen LogP contribution in [-0.4, -0.2) is 37.4 Å². The molecular weight excluding hydrogens is 344 g/mol. The van der Waals surface area contributed by atoms with Gasteiger partial charge < -0.3 is 20.8 Å². The number of ether oxygens (including phenoxy) is 1. The highest BCUT2D eigenvalue weighted by Crippen LogP contribution is 2.35. The van der Waals surface area contributed by atoms with Crippen LogP contribution >= 0.6 is 0 Å². The van der Waals surface area contributed by atoms with Crippen molar-refractivity contribution >= 4 is 22.7 Å². The largest absolute Gasteiger partial charge is 0.474 e. The van der Waals surface area contributed by atoms with Gasteiger partial charge in [0.1, 0.15) is 17.8 Å². The fourth-order valence-electron chi connectivity index (χ4n) is 3.13. The van der Waals surface area contributed by atoms with Gasteiger partial charge in [-0.3, -0.25) is 4.68 Å². The molecule has 1 aliphatic carbocycles. The molecule has 1 aliphatic rings. The monoisotopic (exact) mass is 364 g/mol. The van der Waals surface area contributed by atoms with Crippen LogP contribution < -0.4 is 15.8 Å². The summed E-state index contributed by atoms with van der Waals surface area (Å²) in [6.45, 7) is 0.548. The molecule has 3 heterocycles. The SMILES string of the molecule is Cn1cc(Nc2nc(OC3CC(C=CCN)C3)c3c(C#N)c[nH]c3n2)cn1. The second-order valence-corrected chi connectivity index (χ2v) is 6.55. The Kier molecular flexibility index (Phi) is 4.48. The van der Waals surface area contributed by atoms with Gasteiger partial charge in [0.05, 0.1) is 22.8 Å². The topological polar surface area (TPSA) is 130 Å². The van der Waals surface area contributed by atoms with E-state index in [-0.39, 0.29) is 6.10 Å². The molecule has 0 radical (unpaired) electrons. The lowest BCUT2D eigenvalue weighted by atomic mass is 9.82. The number of aryl methyl sites for hydroxylation is 1. The Bertz CT molecular complexity index is 1020. The number of allylic oxidation sites excluding steroid dienone is 1. The van der Waals surface area contributed by atoms with Gasteiger partial charge in [0.15, 0.2) is 0 Å². The number of nitrogens with two attached hydrogens (primary N) is 1. The maximum atomic E-state index is 9.37. The van der Waals surface area contributed by atoms with Crippen LogP contribution in [0.1, 0.15) is 18.4 Å². The second-order valence-electron chi connectivity index (χ2n) is 6.55. The number of hydrogen-bond donors (Lipinski definition) is 3. The summed E-state index contributed by atoms with van der Waals surface area (Å²) in [4.78, 5) is 12.0. The van der Waals surface area contributed by atoms with Crippen LogP contribution in [-0.2, 0) is 7.05 Å². The molecule has 0 atom stereocenters. The highest BCUT2D eigenvalue weighted by Gasteiger charge is 2.30. The number of fused-ring (bicyclic) bond motifs is 1. The molecule has 3 aromatic heterocycles. The summed E-state index contributed by atoms with van der Waals surface area (Å²) in [6, 6.07) is 2.16. The van der Waals surface area contributed by atoms with E-state index < -0.39 is 0 Å². The third-order valence-electron chi connectivity index (χ3n) is 4.53. The Labute approximate surface area is 155 Å². The number of H-pyrrole nitrogens is 1. The first kappa shape index (κ1) is 17.1. The summed E-state index contributed by atoms with van der Waals surface area (Å²) in [7, 11) is 1.83. The van der Waals surface area contributed by atoms with Crippen LogP contribution in [0.15, 0.2) is 30.7 Å². The zero-order valence-corrected chi connectivity index (χ0v) is 14.9. The van der Waals surface area contributed by atoms with Crippen molar-refractivity contribution in [1.82, 2.24) is 24.7 Å². The maximum absolute atomic E-state index is 9.37. The summed E-state index contributed by atoms with van der Waals surface area (Å²) >= 11 is 0. The van der Waals surface area contributed by atoms with Gasteiger partial charge in [-0.2, -0.15) is 20.3 Å². The van der Waals surface area contributed by atoms with Crippen molar-refractivity contribution in [2.75, 3.05) is 11.9 Å². The van der Waals surface area contributed by atoms with Gasteiger partial charge in [0, 0.05) is 26.0 Å². The molecule has 9 heteroatoms. The molecular formula is C18H20N8O. The summed E-state index contributed by atoms with van der Waals surface area (Å²) in [5.74, 6) is 1.27. The zero-order valence-electron chi connectivity index (χ0n) is 14.9. The molecule has 0 aromatic carbocycles. The molecule has 0 aliphatic heterocycles.